The number of nitrogens with zero attached hydrogens (tertiary/aromatic N) is 1. The lowest BCUT2D eigenvalue weighted by molar-refractivity contribution is -0.137. The molecule has 0 aromatic carbocycles. The lowest BCUT2D eigenvalue weighted by atomic mass is 10.1. The van der Waals surface area contributed by atoms with Crippen LogP contribution in [-0.2, 0) is 15.9 Å². The number of unbranched alkanes of at least 4 members (excludes halogenated alkanes) is 2. The zero-order valence-electron chi connectivity index (χ0n) is 12.4. The molecule has 0 aliphatic heterocycles. The standard InChI is InChI=1S/C13H27NO6S/c1-2-3-4-5-11(15)8-14(7-6-13(17)18)9-12(16)10-21(19)20/h11-12,15-16H,2-10H2,1H3,(H,17,18)(H,19,20)/p-1. The molecule has 3 unspecified atom stereocenters. The van der Waals surface area contributed by atoms with Gasteiger partial charge in [-0.15, -0.1) is 0 Å². The molecular formula is C13H26NO6S-. The third-order valence-corrected chi connectivity index (χ3v) is 3.71. The molecule has 0 aromatic rings. The molecule has 0 radical (unpaired) electrons. The first-order valence-corrected chi connectivity index (χ1v) is 8.45. The van der Waals surface area contributed by atoms with Crippen LogP contribution in [-0.4, -0.2) is 72.5 Å². The fraction of sp³-hybridized carbons (Fsp3) is 0.923. The molecule has 3 atom stereocenters. The smallest absolute Gasteiger partial charge is 0.304 e. The second kappa shape index (κ2) is 12.0. The molecular weight excluding hydrogens is 298 g/mol. The highest BCUT2D eigenvalue weighted by atomic mass is 32.2. The van der Waals surface area contributed by atoms with E-state index in [-0.39, 0.29) is 26.1 Å². The summed E-state index contributed by atoms with van der Waals surface area (Å²) in [4.78, 5) is 12.2. The summed E-state index contributed by atoms with van der Waals surface area (Å²) < 4.78 is 21.1. The van der Waals surface area contributed by atoms with Crippen LogP contribution in [0.5, 0.6) is 0 Å². The summed E-state index contributed by atoms with van der Waals surface area (Å²) in [5.74, 6) is -1.36. The van der Waals surface area contributed by atoms with Crippen LogP contribution in [0.4, 0.5) is 0 Å². The number of carboxylic acids is 1. The van der Waals surface area contributed by atoms with Gasteiger partial charge in [-0.3, -0.25) is 13.9 Å². The van der Waals surface area contributed by atoms with E-state index in [2.05, 4.69) is 6.92 Å². The highest BCUT2D eigenvalue weighted by Crippen LogP contribution is 2.06. The fourth-order valence-electron chi connectivity index (χ4n) is 2.04. The Morgan fingerprint density at radius 3 is 2.38 bits per heavy atom. The first-order chi connectivity index (χ1) is 9.85. The monoisotopic (exact) mass is 324 g/mol. The second-order valence-electron chi connectivity index (χ2n) is 5.18. The summed E-state index contributed by atoms with van der Waals surface area (Å²) in [6, 6.07) is 0. The number of aliphatic hydroxyl groups is 2. The molecule has 21 heavy (non-hydrogen) atoms. The van der Waals surface area contributed by atoms with Crippen LogP contribution in [0.15, 0.2) is 0 Å². The van der Waals surface area contributed by atoms with E-state index >= 15 is 0 Å². The fourth-order valence-corrected chi connectivity index (χ4v) is 2.46. The number of carboxylic acid groups (broad SMARTS) is 1. The third kappa shape index (κ3) is 12.9. The predicted molar refractivity (Wildman–Crippen MR) is 78.6 cm³/mol. The van der Waals surface area contributed by atoms with Gasteiger partial charge in [0.05, 0.1) is 18.6 Å². The zero-order chi connectivity index (χ0) is 16.3. The van der Waals surface area contributed by atoms with Crippen molar-refractivity contribution in [1.29, 1.82) is 0 Å². The predicted octanol–water partition coefficient (Wildman–Crippen LogP) is -0.0557. The van der Waals surface area contributed by atoms with Crippen molar-refractivity contribution in [3.63, 3.8) is 0 Å². The first kappa shape index (κ1) is 20.5. The Morgan fingerprint density at radius 2 is 1.86 bits per heavy atom. The van der Waals surface area contributed by atoms with Crippen LogP contribution in [0.1, 0.15) is 39.0 Å². The van der Waals surface area contributed by atoms with Gasteiger partial charge in [0.2, 0.25) is 0 Å². The molecule has 0 aliphatic rings. The van der Waals surface area contributed by atoms with Crippen molar-refractivity contribution < 1.29 is 28.9 Å². The topological polar surface area (TPSA) is 121 Å². The average Bonchev–Trinajstić information content (AvgIpc) is 2.35. The van der Waals surface area contributed by atoms with Crippen LogP contribution in [0.2, 0.25) is 0 Å². The van der Waals surface area contributed by atoms with Crippen LogP contribution in [0.3, 0.4) is 0 Å². The normalized spacial score (nSPS) is 15.9. The summed E-state index contributed by atoms with van der Waals surface area (Å²) in [6.45, 7) is 2.50. The highest BCUT2D eigenvalue weighted by molar-refractivity contribution is 7.79. The van der Waals surface area contributed by atoms with Crippen LogP contribution < -0.4 is 0 Å². The lowest BCUT2D eigenvalue weighted by Gasteiger charge is -2.27. The van der Waals surface area contributed by atoms with Crippen LogP contribution >= 0.6 is 0 Å². The van der Waals surface area contributed by atoms with Gasteiger partial charge in [0.1, 0.15) is 0 Å². The third-order valence-electron chi connectivity index (χ3n) is 3.05. The maximum atomic E-state index is 10.6. The Bertz CT molecular complexity index is 315. The van der Waals surface area contributed by atoms with Gasteiger partial charge in [-0.05, 0) is 6.42 Å². The Kier molecular flexibility index (Phi) is 11.7. The molecule has 8 heteroatoms. The molecule has 0 aliphatic carbocycles. The van der Waals surface area contributed by atoms with Crippen molar-refractivity contribution >= 4 is 17.0 Å². The van der Waals surface area contributed by atoms with Gasteiger partial charge in [-0.2, -0.15) is 0 Å². The molecule has 126 valence electrons. The zero-order valence-corrected chi connectivity index (χ0v) is 13.3. The minimum absolute atomic E-state index is 0.0338. The van der Waals surface area contributed by atoms with Crippen LogP contribution in [0.25, 0.3) is 0 Å². The summed E-state index contributed by atoms with van der Waals surface area (Å²) in [7, 11) is 0. The minimum Gasteiger partial charge on any atom is -0.772 e. The van der Waals surface area contributed by atoms with Gasteiger partial charge in [0.15, 0.2) is 0 Å². The maximum Gasteiger partial charge on any atom is 0.304 e. The van der Waals surface area contributed by atoms with E-state index in [0.29, 0.717) is 6.42 Å². The number of aliphatic carboxylic acids is 1. The summed E-state index contributed by atoms with van der Waals surface area (Å²) >= 11 is -2.35. The molecule has 0 amide bonds. The highest BCUT2D eigenvalue weighted by Gasteiger charge is 2.16. The number of carbonyl (C=O) groups is 1. The number of hydrogen-bond donors (Lipinski definition) is 3. The van der Waals surface area contributed by atoms with Gasteiger partial charge in [0.25, 0.3) is 0 Å². The van der Waals surface area contributed by atoms with E-state index in [1.165, 1.54) is 0 Å². The molecule has 0 bridgehead atoms. The number of hydrogen-bond acceptors (Lipinski definition) is 6. The Hall–Kier alpha value is -0.540. The summed E-state index contributed by atoms with van der Waals surface area (Å²) in [5.41, 5.74) is 0. The van der Waals surface area contributed by atoms with Crippen molar-refractivity contribution in [1.82, 2.24) is 4.90 Å². The van der Waals surface area contributed by atoms with Gasteiger partial charge in [-0.25, -0.2) is 0 Å². The SMILES string of the molecule is CCCCCC(O)CN(CCC(=O)O)CC(O)CS(=O)[O-]. The molecule has 0 saturated heterocycles. The molecule has 7 nitrogen and oxygen atoms in total. The van der Waals surface area contributed by atoms with E-state index in [9.17, 15) is 23.8 Å². The molecule has 0 rings (SSSR count). The maximum absolute atomic E-state index is 10.6. The summed E-state index contributed by atoms with van der Waals surface area (Å²) in [5, 5.41) is 28.2. The lowest BCUT2D eigenvalue weighted by Crippen LogP contribution is -2.40. The molecule has 0 heterocycles. The molecule has 0 fully saturated rings. The Labute approximate surface area is 128 Å². The van der Waals surface area contributed by atoms with E-state index in [4.69, 9.17) is 5.11 Å². The first-order valence-electron chi connectivity index (χ1n) is 7.21. The number of rotatable bonds is 13. The second-order valence-corrected chi connectivity index (χ2v) is 6.12. The van der Waals surface area contributed by atoms with Crippen molar-refractivity contribution in [3.8, 4) is 0 Å². The molecule has 3 N–H and O–H groups in total. The number of aliphatic hydroxyl groups excluding tert-OH is 2. The van der Waals surface area contributed by atoms with E-state index in [0.717, 1.165) is 19.3 Å². The van der Waals surface area contributed by atoms with Crippen molar-refractivity contribution in [2.45, 2.75) is 51.2 Å². The largest absolute Gasteiger partial charge is 0.772 e. The Balaban J connectivity index is 4.29. The quantitative estimate of drug-likeness (QED) is 0.320. The van der Waals surface area contributed by atoms with Gasteiger partial charge in [-0.1, -0.05) is 37.3 Å². The van der Waals surface area contributed by atoms with Gasteiger partial charge in [0, 0.05) is 25.4 Å². The molecule has 0 saturated carbocycles. The van der Waals surface area contributed by atoms with Gasteiger partial charge < -0.3 is 19.9 Å². The van der Waals surface area contributed by atoms with E-state index < -0.39 is 35.0 Å². The van der Waals surface area contributed by atoms with E-state index in [1.807, 2.05) is 0 Å². The Morgan fingerprint density at radius 1 is 1.24 bits per heavy atom. The van der Waals surface area contributed by atoms with Crippen molar-refractivity contribution in [2.75, 3.05) is 25.4 Å². The minimum atomic E-state index is -2.35. The average molecular weight is 324 g/mol. The molecule has 0 aromatic heterocycles. The van der Waals surface area contributed by atoms with Gasteiger partial charge >= 0.3 is 5.97 Å². The summed E-state index contributed by atoms with van der Waals surface area (Å²) in [6.07, 6.45) is 1.76. The van der Waals surface area contributed by atoms with Crippen molar-refractivity contribution in [3.05, 3.63) is 0 Å². The van der Waals surface area contributed by atoms with Crippen LogP contribution in [0, 0.1) is 0 Å². The molecule has 0 spiro atoms. The van der Waals surface area contributed by atoms with Crippen molar-refractivity contribution in [2.24, 2.45) is 0 Å². The van der Waals surface area contributed by atoms with E-state index in [1.54, 1.807) is 4.90 Å².